The van der Waals surface area contributed by atoms with Gasteiger partial charge in [-0.1, -0.05) is 42.5 Å². The minimum atomic E-state index is -0.510. The topological polar surface area (TPSA) is 97.2 Å². The fraction of sp³-hybridized carbons (Fsp3) is 0.125. The molecule has 1 aliphatic rings. The number of nitrogens with zero attached hydrogens (tertiary/aromatic N) is 4. The molecule has 3 heterocycles. The molecule has 3 amide bonds. The van der Waals surface area contributed by atoms with Crippen LogP contribution in [0.15, 0.2) is 64.9 Å². The van der Waals surface area contributed by atoms with Crippen LogP contribution in [0.5, 0.6) is 0 Å². The van der Waals surface area contributed by atoms with Crippen molar-refractivity contribution in [1.82, 2.24) is 19.4 Å². The summed E-state index contributed by atoms with van der Waals surface area (Å²) in [5.74, 6) is -0.405. The minimum absolute atomic E-state index is 0.239. The average Bonchev–Trinajstić information content (AvgIpc) is 3.52. The summed E-state index contributed by atoms with van der Waals surface area (Å²) in [4.78, 5) is 48.1. The number of amides is 3. The summed E-state index contributed by atoms with van der Waals surface area (Å²) in [5.41, 5.74) is 3.45. The number of rotatable bonds is 6. The second kappa shape index (κ2) is 9.24. The number of benzene rings is 2. The van der Waals surface area contributed by atoms with Crippen LogP contribution in [0.1, 0.15) is 12.7 Å². The third-order valence-corrected chi connectivity index (χ3v) is 6.92. The second-order valence-electron chi connectivity index (χ2n) is 7.42. The van der Waals surface area contributed by atoms with E-state index in [1.165, 1.54) is 11.3 Å². The molecule has 0 unspecified atom stereocenters. The van der Waals surface area contributed by atoms with E-state index in [4.69, 9.17) is 0 Å². The molecule has 8 nitrogen and oxygen atoms in total. The van der Waals surface area contributed by atoms with E-state index in [9.17, 15) is 14.4 Å². The molecular weight excluding hydrogens is 470 g/mol. The highest BCUT2D eigenvalue weighted by atomic mass is 32.2. The number of imidazole rings is 1. The molecule has 170 valence electrons. The zero-order valence-electron chi connectivity index (χ0n) is 18.1. The van der Waals surface area contributed by atoms with Gasteiger partial charge in [0.25, 0.3) is 11.1 Å². The molecule has 1 aliphatic heterocycles. The van der Waals surface area contributed by atoms with Crippen LogP contribution < -0.4 is 5.32 Å². The maximum absolute atomic E-state index is 12.9. The van der Waals surface area contributed by atoms with E-state index in [0.717, 1.165) is 39.0 Å². The molecular formula is C24H19N5O3S2. The predicted octanol–water partition coefficient (Wildman–Crippen LogP) is 4.85. The summed E-state index contributed by atoms with van der Waals surface area (Å²) in [6.07, 6.45) is 1.61. The molecule has 0 saturated carbocycles. The van der Waals surface area contributed by atoms with Gasteiger partial charge in [-0.2, -0.15) is 0 Å². The predicted molar refractivity (Wildman–Crippen MR) is 134 cm³/mol. The Balaban J connectivity index is 1.30. The first-order valence-electron chi connectivity index (χ1n) is 10.5. The van der Waals surface area contributed by atoms with Crippen molar-refractivity contribution in [2.45, 2.75) is 13.5 Å². The van der Waals surface area contributed by atoms with Gasteiger partial charge < -0.3 is 9.88 Å². The summed E-state index contributed by atoms with van der Waals surface area (Å²) in [6, 6.07) is 17.3. The van der Waals surface area contributed by atoms with Crippen molar-refractivity contribution in [2.75, 3.05) is 11.9 Å². The van der Waals surface area contributed by atoms with Crippen LogP contribution in [-0.2, 0) is 16.1 Å². The number of carbonyl (C=O) groups is 3. The van der Waals surface area contributed by atoms with Gasteiger partial charge in [0.2, 0.25) is 5.91 Å². The van der Waals surface area contributed by atoms with Crippen LogP contribution in [0.4, 0.5) is 9.93 Å². The largest absolute Gasteiger partial charge is 0.325 e. The Morgan fingerprint density at radius 1 is 1.06 bits per heavy atom. The van der Waals surface area contributed by atoms with Crippen molar-refractivity contribution in [3.05, 3.63) is 70.7 Å². The zero-order valence-corrected chi connectivity index (χ0v) is 19.7. The normalized spacial score (nSPS) is 15.0. The molecule has 1 N–H and O–H groups in total. The molecule has 0 radical (unpaired) electrons. The smallest absolute Gasteiger partial charge is 0.294 e. The third kappa shape index (κ3) is 4.25. The lowest BCUT2D eigenvalue weighted by Crippen LogP contribution is -2.36. The lowest BCUT2D eigenvalue weighted by atomic mass is 10.2. The number of hydrogen-bond acceptors (Lipinski definition) is 7. The highest BCUT2D eigenvalue weighted by Gasteiger charge is 2.36. The standard InChI is InChI=1S/C24H19N5O3S2/c1-2-28-18-11-7-6-10-16(18)25-20(28)12-19-22(31)29(24(32)34-19)13-21(30)27-23-26-17(14-33-23)15-8-4-3-5-9-15/h3-12,14H,2,13H2,1H3,(H,26,27,30)/b19-12-. The SMILES string of the molecule is CCn1c(/C=C2\SC(=O)N(CC(=O)Nc3nc(-c4ccccc4)cs3)C2=O)nc2ccccc21. The Bertz CT molecular complexity index is 1440. The summed E-state index contributed by atoms with van der Waals surface area (Å²) < 4.78 is 1.98. The number of imide groups is 1. The van der Waals surface area contributed by atoms with Crippen LogP contribution >= 0.6 is 23.1 Å². The summed E-state index contributed by atoms with van der Waals surface area (Å²) >= 11 is 2.09. The number of carbonyl (C=O) groups excluding carboxylic acids is 3. The molecule has 0 aliphatic carbocycles. The number of nitrogens with one attached hydrogen (secondary N) is 1. The molecule has 4 aromatic rings. The van der Waals surface area contributed by atoms with Crippen molar-refractivity contribution in [2.24, 2.45) is 0 Å². The van der Waals surface area contributed by atoms with Gasteiger partial charge in [0, 0.05) is 23.6 Å². The van der Waals surface area contributed by atoms with Crippen molar-refractivity contribution >= 4 is 62.4 Å². The van der Waals surface area contributed by atoms with Gasteiger partial charge in [-0.15, -0.1) is 11.3 Å². The Morgan fingerprint density at radius 2 is 1.82 bits per heavy atom. The first-order chi connectivity index (χ1) is 16.5. The van der Waals surface area contributed by atoms with Crippen LogP contribution in [0.3, 0.4) is 0 Å². The summed E-state index contributed by atoms with van der Waals surface area (Å²) in [7, 11) is 0. The number of thioether (sulfide) groups is 1. The Morgan fingerprint density at radius 3 is 2.62 bits per heavy atom. The van der Waals surface area contributed by atoms with Gasteiger partial charge >= 0.3 is 0 Å². The van der Waals surface area contributed by atoms with E-state index in [1.807, 2.05) is 71.5 Å². The molecule has 10 heteroatoms. The quantitative estimate of drug-likeness (QED) is 0.389. The molecule has 1 fully saturated rings. The van der Waals surface area contributed by atoms with E-state index in [-0.39, 0.29) is 11.4 Å². The highest BCUT2D eigenvalue weighted by Crippen LogP contribution is 2.33. The van der Waals surface area contributed by atoms with Crippen molar-refractivity contribution in [3.63, 3.8) is 0 Å². The molecule has 34 heavy (non-hydrogen) atoms. The van der Waals surface area contributed by atoms with E-state index >= 15 is 0 Å². The summed E-state index contributed by atoms with van der Waals surface area (Å²) in [6.45, 7) is 2.27. The zero-order chi connectivity index (χ0) is 23.7. The minimum Gasteiger partial charge on any atom is -0.325 e. The number of anilines is 1. The number of aryl methyl sites for hydroxylation is 1. The van der Waals surface area contributed by atoms with Crippen molar-refractivity contribution < 1.29 is 14.4 Å². The van der Waals surface area contributed by atoms with Crippen molar-refractivity contribution in [3.8, 4) is 11.3 Å². The number of para-hydroxylation sites is 2. The lowest BCUT2D eigenvalue weighted by molar-refractivity contribution is -0.127. The highest BCUT2D eigenvalue weighted by molar-refractivity contribution is 8.18. The van der Waals surface area contributed by atoms with E-state index < -0.39 is 17.1 Å². The van der Waals surface area contributed by atoms with Crippen molar-refractivity contribution in [1.29, 1.82) is 0 Å². The molecule has 0 bridgehead atoms. The number of hydrogen-bond donors (Lipinski definition) is 1. The first kappa shape index (κ1) is 22.1. The van der Waals surface area contributed by atoms with Crippen LogP contribution in [0, 0.1) is 0 Å². The Hall–Kier alpha value is -3.76. The molecule has 2 aromatic carbocycles. The van der Waals surface area contributed by atoms with Gasteiger partial charge in [0.05, 0.1) is 21.6 Å². The Kier molecular flexibility index (Phi) is 5.99. The fourth-order valence-electron chi connectivity index (χ4n) is 3.67. The second-order valence-corrected chi connectivity index (χ2v) is 9.27. The third-order valence-electron chi connectivity index (χ3n) is 5.26. The lowest BCUT2D eigenvalue weighted by Gasteiger charge is -2.11. The van der Waals surface area contributed by atoms with Crippen LogP contribution in [-0.4, -0.2) is 43.0 Å². The first-order valence-corrected chi connectivity index (χ1v) is 12.2. The van der Waals surface area contributed by atoms with Crippen LogP contribution in [0.2, 0.25) is 0 Å². The molecule has 1 saturated heterocycles. The summed E-state index contributed by atoms with van der Waals surface area (Å²) in [5, 5.41) is 4.43. The van der Waals surface area contributed by atoms with Gasteiger partial charge in [-0.3, -0.25) is 19.3 Å². The number of fused-ring (bicyclic) bond motifs is 1. The average molecular weight is 490 g/mol. The molecule has 2 aromatic heterocycles. The van der Waals surface area contributed by atoms with Crippen LogP contribution in [0.25, 0.3) is 28.4 Å². The van der Waals surface area contributed by atoms with Gasteiger partial charge in [0.15, 0.2) is 5.13 Å². The molecule has 5 rings (SSSR count). The number of thiazole rings is 1. The van der Waals surface area contributed by atoms with Gasteiger partial charge in [-0.25, -0.2) is 9.97 Å². The maximum Gasteiger partial charge on any atom is 0.294 e. The van der Waals surface area contributed by atoms with E-state index in [2.05, 4.69) is 15.3 Å². The van der Waals surface area contributed by atoms with Gasteiger partial charge in [-0.05, 0) is 30.8 Å². The maximum atomic E-state index is 12.9. The fourth-order valence-corrected chi connectivity index (χ4v) is 5.21. The monoisotopic (exact) mass is 489 g/mol. The van der Waals surface area contributed by atoms with E-state index in [0.29, 0.717) is 17.5 Å². The van der Waals surface area contributed by atoms with Gasteiger partial charge in [0.1, 0.15) is 12.4 Å². The molecule has 0 spiro atoms. The number of aromatic nitrogens is 3. The van der Waals surface area contributed by atoms with E-state index in [1.54, 1.807) is 6.08 Å². The molecule has 0 atom stereocenters. The Labute approximate surface area is 203 Å².